The second-order valence-electron chi connectivity index (χ2n) is 6.17. The van der Waals surface area contributed by atoms with Crippen molar-refractivity contribution in [1.82, 2.24) is 4.90 Å². The molecule has 0 saturated carbocycles. The predicted molar refractivity (Wildman–Crippen MR) is 93.8 cm³/mol. The topological polar surface area (TPSA) is 29.5 Å². The van der Waals surface area contributed by atoms with E-state index in [9.17, 15) is 9.18 Å². The molecule has 1 saturated heterocycles. The number of halogens is 1. The summed E-state index contributed by atoms with van der Waals surface area (Å²) in [4.78, 5) is 15.5. The molecule has 24 heavy (non-hydrogen) atoms. The zero-order valence-electron chi connectivity index (χ0n) is 13.6. The van der Waals surface area contributed by atoms with E-state index in [0.29, 0.717) is 24.7 Å². The highest BCUT2D eigenvalue weighted by Crippen LogP contribution is 2.21. The summed E-state index contributed by atoms with van der Waals surface area (Å²) in [6, 6.07) is 10.2. The van der Waals surface area contributed by atoms with E-state index in [-0.39, 0.29) is 11.7 Å². The Morgan fingerprint density at radius 2 is 1.96 bits per heavy atom. The smallest absolute Gasteiger partial charge is 0.222 e. The Kier molecular flexibility index (Phi) is 5.86. The first-order chi connectivity index (χ1) is 11.7. The van der Waals surface area contributed by atoms with Crippen LogP contribution in [-0.4, -0.2) is 30.5 Å². The summed E-state index contributed by atoms with van der Waals surface area (Å²) in [5.74, 6) is 1.15. The van der Waals surface area contributed by atoms with Crippen LogP contribution in [0.5, 0.6) is 5.75 Å². The maximum Gasteiger partial charge on any atom is 0.222 e. The van der Waals surface area contributed by atoms with Crippen LogP contribution in [0.4, 0.5) is 4.39 Å². The molecule has 1 aliphatic heterocycles. The molecule has 0 bridgehead atoms. The Morgan fingerprint density at radius 1 is 1.21 bits per heavy atom. The molecular weight excluding hydrogens is 325 g/mol. The van der Waals surface area contributed by atoms with Gasteiger partial charge in [0.15, 0.2) is 0 Å². The number of thiophene rings is 1. The number of aryl methyl sites for hydroxylation is 1. The fourth-order valence-corrected chi connectivity index (χ4v) is 3.65. The molecule has 1 fully saturated rings. The number of carbonyl (C=O) groups is 1. The molecule has 1 aromatic carbocycles. The van der Waals surface area contributed by atoms with E-state index in [2.05, 4.69) is 6.07 Å². The number of hydrogen-bond donors (Lipinski definition) is 0. The van der Waals surface area contributed by atoms with Crippen molar-refractivity contribution in [2.24, 2.45) is 5.92 Å². The molecule has 128 valence electrons. The minimum absolute atomic E-state index is 0.251. The van der Waals surface area contributed by atoms with Gasteiger partial charge in [-0.1, -0.05) is 6.07 Å². The minimum atomic E-state index is -0.253. The Morgan fingerprint density at radius 3 is 2.62 bits per heavy atom. The van der Waals surface area contributed by atoms with E-state index in [0.717, 1.165) is 32.4 Å². The van der Waals surface area contributed by atoms with Crippen LogP contribution in [0, 0.1) is 11.7 Å². The van der Waals surface area contributed by atoms with Gasteiger partial charge in [-0.05, 0) is 60.9 Å². The highest BCUT2D eigenvalue weighted by atomic mass is 32.1. The summed E-state index contributed by atoms with van der Waals surface area (Å²) in [5.41, 5.74) is 0. The zero-order chi connectivity index (χ0) is 16.8. The van der Waals surface area contributed by atoms with Crippen LogP contribution in [0.15, 0.2) is 41.8 Å². The Bertz CT molecular complexity index is 634. The van der Waals surface area contributed by atoms with Crippen molar-refractivity contribution < 1.29 is 13.9 Å². The summed E-state index contributed by atoms with van der Waals surface area (Å²) in [7, 11) is 0. The number of nitrogens with zero attached hydrogens (tertiary/aromatic N) is 1. The quantitative estimate of drug-likeness (QED) is 0.786. The van der Waals surface area contributed by atoms with Crippen molar-refractivity contribution in [3.8, 4) is 5.75 Å². The van der Waals surface area contributed by atoms with Gasteiger partial charge in [-0.15, -0.1) is 11.3 Å². The second kappa shape index (κ2) is 8.29. The van der Waals surface area contributed by atoms with Gasteiger partial charge < -0.3 is 9.64 Å². The average Bonchev–Trinajstić information content (AvgIpc) is 3.13. The van der Waals surface area contributed by atoms with Crippen molar-refractivity contribution in [3.63, 3.8) is 0 Å². The standard InChI is InChI=1S/C19H22FNO2S/c20-16-3-5-17(6-4-16)23-14-15-9-11-21(12-10-15)19(22)8-7-18-2-1-13-24-18/h1-6,13,15H,7-12,14H2. The van der Waals surface area contributed by atoms with E-state index >= 15 is 0 Å². The van der Waals surface area contributed by atoms with Gasteiger partial charge in [0.05, 0.1) is 6.61 Å². The first kappa shape index (κ1) is 17.0. The Labute approximate surface area is 146 Å². The Hall–Kier alpha value is -1.88. The molecule has 1 aromatic heterocycles. The van der Waals surface area contributed by atoms with Gasteiger partial charge in [0.1, 0.15) is 11.6 Å². The summed E-state index contributed by atoms with van der Waals surface area (Å²) in [6.45, 7) is 2.24. The molecule has 2 heterocycles. The maximum atomic E-state index is 12.9. The lowest BCUT2D eigenvalue weighted by Gasteiger charge is -2.32. The molecule has 1 amide bonds. The summed E-state index contributed by atoms with van der Waals surface area (Å²) >= 11 is 1.71. The van der Waals surface area contributed by atoms with E-state index in [4.69, 9.17) is 4.74 Å². The van der Waals surface area contributed by atoms with Crippen LogP contribution in [0.1, 0.15) is 24.1 Å². The monoisotopic (exact) mass is 347 g/mol. The molecule has 3 nitrogen and oxygen atoms in total. The molecule has 0 spiro atoms. The number of ether oxygens (including phenoxy) is 1. The predicted octanol–water partition coefficient (Wildman–Crippen LogP) is 4.14. The van der Waals surface area contributed by atoms with Crippen molar-refractivity contribution in [2.45, 2.75) is 25.7 Å². The molecule has 1 aliphatic rings. The number of rotatable bonds is 6. The van der Waals surface area contributed by atoms with Crippen LogP contribution in [0.3, 0.4) is 0 Å². The maximum absolute atomic E-state index is 12.9. The first-order valence-electron chi connectivity index (χ1n) is 8.39. The van der Waals surface area contributed by atoms with Crippen LogP contribution in [-0.2, 0) is 11.2 Å². The van der Waals surface area contributed by atoms with Crippen molar-refractivity contribution in [3.05, 3.63) is 52.5 Å². The van der Waals surface area contributed by atoms with Crippen molar-refractivity contribution in [1.29, 1.82) is 0 Å². The van der Waals surface area contributed by atoms with Gasteiger partial charge in [0.25, 0.3) is 0 Å². The molecule has 0 unspecified atom stereocenters. The average molecular weight is 347 g/mol. The van der Waals surface area contributed by atoms with E-state index in [1.165, 1.54) is 17.0 Å². The normalized spacial score (nSPS) is 15.5. The number of amides is 1. The zero-order valence-corrected chi connectivity index (χ0v) is 14.4. The minimum Gasteiger partial charge on any atom is -0.493 e. The fraction of sp³-hybridized carbons (Fsp3) is 0.421. The molecule has 0 N–H and O–H groups in total. The van der Waals surface area contributed by atoms with Gasteiger partial charge in [-0.25, -0.2) is 4.39 Å². The number of piperidine rings is 1. The SMILES string of the molecule is O=C(CCc1cccs1)N1CCC(COc2ccc(F)cc2)CC1. The molecule has 2 aromatic rings. The highest BCUT2D eigenvalue weighted by molar-refractivity contribution is 7.09. The molecule has 0 radical (unpaired) electrons. The molecular formula is C19H22FNO2S. The number of likely N-dealkylation sites (tertiary alicyclic amines) is 1. The number of benzene rings is 1. The lowest BCUT2D eigenvalue weighted by Crippen LogP contribution is -2.39. The van der Waals surface area contributed by atoms with Crippen molar-refractivity contribution >= 4 is 17.2 Å². The van der Waals surface area contributed by atoms with Gasteiger partial charge in [-0.2, -0.15) is 0 Å². The third-order valence-electron chi connectivity index (χ3n) is 4.43. The van der Waals surface area contributed by atoms with Crippen LogP contribution in [0.25, 0.3) is 0 Å². The van der Waals surface area contributed by atoms with E-state index < -0.39 is 0 Å². The van der Waals surface area contributed by atoms with Gasteiger partial charge in [0, 0.05) is 24.4 Å². The van der Waals surface area contributed by atoms with Crippen LogP contribution in [0.2, 0.25) is 0 Å². The van der Waals surface area contributed by atoms with Crippen LogP contribution >= 0.6 is 11.3 Å². The Balaban J connectivity index is 1.37. The molecule has 0 aliphatic carbocycles. The lowest BCUT2D eigenvalue weighted by atomic mass is 9.97. The number of hydrogen-bond acceptors (Lipinski definition) is 3. The first-order valence-corrected chi connectivity index (χ1v) is 9.27. The molecule has 5 heteroatoms. The third kappa shape index (κ3) is 4.81. The lowest BCUT2D eigenvalue weighted by molar-refractivity contribution is -0.132. The highest BCUT2D eigenvalue weighted by Gasteiger charge is 2.23. The van der Waals surface area contributed by atoms with E-state index in [1.807, 2.05) is 16.3 Å². The van der Waals surface area contributed by atoms with Gasteiger partial charge >= 0.3 is 0 Å². The van der Waals surface area contributed by atoms with Crippen LogP contribution < -0.4 is 4.74 Å². The van der Waals surface area contributed by atoms with Crippen molar-refractivity contribution in [2.75, 3.05) is 19.7 Å². The summed E-state index contributed by atoms with van der Waals surface area (Å²) < 4.78 is 18.6. The second-order valence-corrected chi connectivity index (χ2v) is 7.20. The van der Waals surface area contributed by atoms with E-state index in [1.54, 1.807) is 23.5 Å². The fourth-order valence-electron chi connectivity index (χ4n) is 2.94. The summed E-state index contributed by atoms with van der Waals surface area (Å²) in [6.07, 6.45) is 3.36. The van der Waals surface area contributed by atoms with Gasteiger partial charge in [0.2, 0.25) is 5.91 Å². The largest absolute Gasteiger partial charge is 0.493 e. The molecule has 3 rings (SSSR count). The third-order valence-corrected chi connectivity index (χ3v) is 5.37. The number of carbonyl (C=O) groups excluding carboxylic acids is 1. The summed E-state index contributed by atoms with van der Waals surface area (Å²) in [5, 5.41) is 2.05. The van der Waals surface area contributed by atoms with Gasteiger partial charge in [-0.3, -0.25) is 4.79 Å². The molecule has 0 atom stereocenters.